The first-order valence-corrected chi connectivity index (χ1v) is 6.87. The molecule has 0 aliphatic carbocycles. The van der Waals surface area contributed by atoms with Crippen LogP contribution in [-0.4, -0.2) is 53.4 Å². The highest BCUT2D eigenvalue weighted by Crippen LogP contribution is 2.26. The number of nitrogens with zero attached hydrogens (tertiary/aromatic N) is 1. The monoisotopic (exact) mass is 256 g/mol. The summed E-state index contributed by atoms with van der Waals surface area (Å²) in [5.74, 6) is -0.910. The van der Waals surface area contributed by atoms with Crippen LogP contribution in [0.15, 0.2) is 0 Å². The lowest BCUT2D eigenvalue weighted by atomic mass is 9.96. The number of unbranched alkanes of at least 4 members (excludes halogenated alkanes) is 1. The van der Waals surface area contributed by atoms with Crippen molar-refractivity contribution in [3.63, 3.8) is 0 Å². The fourth-order valence-electron chi connectivity index (χ4n) is 2.82. The van der Waals surface area contributed by atoms with Crippen LogP contribution in [0.1, 0.15) is 39.0 Å². The molecule has 2 fully saturated rings. The second kappa shape index (κ2) is 5.55. The Hall–Kier alpha value is -0.650. The van der Waals surface area contributed by atoms with E-state index in [2.05, 4.69) is 4.90 Å². The van der Waals surface area contributed by atoms with Gasteiger partial charge in [-0.3, -0.25) is 9.69 Å². The van der Waals surface area contributed by atoms with Crippen molar-refractivity contribution < 1.29 is 14.6 Å². The van der Waals surface area contributed by atoms with Crippen molar-refractivity contribution in [3.8, 4) is 0 Å². The molecule has 2 aliphatic rings. The number of carbonyl (C=O) groups is 1. The minimum atomic E-state index is -1.08. The summed E-state index contributed by atoms with van der Waals surface area (Å²) in [4.78, 5) is 13.3. The Kier molecular flexibility index (Phi) is 4.25. The summed E-state index contributed by atoms with van der Waals surface area (Å²) in [6.45, 7) is 4.70. The van der Waals surface area contributed by atoms with Crippen molar-refractivity contribution in [2.24, 2.45) is 5.73 Å². The molecule has 0 radical (unpaired) electrons. The van der Waals surface area contributed by atoms with Crippen LogP contribution in [0.4, 0.5) is 0 Å². The largest absolute Gasteiger partial charge is 0.480 e. The summed E-state index contributed by atoms with van der Waals surface area (Å²) in [5.41, 5.74) is 4.62. The molecule has 5 nitrogen and oxygen atoms in total. The van der Waals surface area contributed by atoms with Gasteiger partial charge in [0.2, 0.25) is 0 Å². The third-order valence-electron chi connectivity index (χ3n) is 4.03. The molecule has 5 heteroatoms. The van der Waals surface area contributed by atoms with Gasteiger partial charge in [0.1, 0.15) is 5.54 Å². The van der Waals surface area contributed by atoms with Gasteiger partial charge >= 0.3 is 5.97 Å². The Morgan fingerprint density at radius 1 is 1.39 bits per heavy atom. The number of aliphatic carboxylic acids is 1. The van der Waals surface area contributed by atoms with Gasteiger partial charge in [-0.1, -0.05) is 0 Å². The molecule has 3 atom stereocenters. The third kappa shape index (κ3) is 3.43. The van der Waals surface area contributed by atoms with E-state index in [0.29, 0.717) is 18.6 Å². The fraction of sp³-hybridized carbons (Fsp3) is 0.923. The number of carboxylic acids is 1. The van der Waals surface area contributed by atoms with Crippen LogP contribution in [0.3, 0.4) is 0 Å². The van der Waals surface area contributed by atoms with Gasteiger partial charge in [-0.05, 0) is 45.6 Å². The minimum absolute atomic E-state index is 0.433. The maximum absolute atomic E-state index is 10.9. The van der Waals surface area contributed by atoms with Crippen molar-refractivity contribution in [3.05, 3.63) is 0 Å². The van der Waals surface area contributed by atoms with Crippen molar-refractivity contribution in [1.82, 2.24) is 4.90 Å². The maximum Gasteiger partial charge on any atom is 0.323 e. The lowest BCUT2D eigenvalue weighted by Gasteiger charge is -2.32. The quantitative estimate of drug-likeness (QED) is 0.688. The zero-order valence-corrected chi connectivity index (χ0v) is 11.1. The maximum atomic E-state index is 10.9. The van der Waals surface area contributed by atoms with Crippen LogP contribution in [0, 0.1) is 0 Å². The van der Waals surface area contributed by atoms with Gasteiger partial charge in [0, 0.05) is 13.1 Å². The SMILES string of the molecule is CC(N)(CCCCN1CC2CCC(C1)O2)C(=O)O. The first-order valence-electron chi connectivity index (χ1n) is 6.87. The summed E-state index contributed by atoms with van der Waals surface area (Å²) in [6, 6.07) is 0. The van der Waals surface area contributed by atoms with Crippen LogP contribution < -0.4 is 5.73 Å². The summed E-state index contributed by atoms with van der Waals surface area (Å²) >= 11 is 0. The first kappa shape index (κ1) is 13.8. The molecule has 2 rings (SSSR count). The summed E-state index contributed by atoms with van der Waals surface area (Å²) in [7, 11) is 0. The molecule has 2 aliphatic heterocycles. The van der Waals surface area contributed by atoms with Crippen LogP contribution in [-0.2, 0) is 9.53 Å². The smallest absolute Gasteiger partial charge is 0.323 e. The van der Waals surface area contributed by atoms with Gasteiger partial charge in [0.15, 0.2) is 0 Å². The number of likely N-dealkylation sites (tertiary alicyclic amines) is 1. The van der Waals surface area contributed by atoms with Crippen LogP contribution >= 0.6 is 0 Å². The molecule has 0 aromatic rings. The highest BCUT2D eigenvalue weighted by atomic mass is 16.5. The molecule has 3 N–H and O–H groups in total. The predicted molar refractivity (Wildman–Crippen MR) is 68.4 cm³/mol. The standard InChI is InChI=1S/C13H24N2O3/c1-13(14,12(16)17)6-2-3-7-15-8-10-4-5-11(9-15)18-10/h10-11H,2-9,14H2,1H3,(H,16,17). The van der Waals surface area contributed by atoms with Crippen LogP contribution in [0.5, 0.6) is 0 Å². The van der Waals surface area contributed by atoms with Crippen molar-refractivity contribution >= 4 is 5.97 Å². The average molecular weight is 256 g/mol. The van der Waals surface area contributed by atoms with E-state index in [0.717, 1.165) is 32.5 Å². The Bertz CT molecular complexity index is 295. The van der Waals surface area contributed by atoms with Gasteiger partial charge in [0.05, 0.1) is 12.2 Å². The molecule has 0 aromatic carbocycles. The summed E-state index contributed by atoms with van der Waals surface area (Å²) in [5, 5.41) is 8.92. The highest BCUT2D eigenvalue weighted by Gasteiger charge is 2.33. The minimum Gasteiger partial charge on any atom is -0.480 e. The molecule has 0 amide bonds. The van der Waals surface area contributed by atoms with E-state index < -0.39 is 11.5 Å². The van der Waals surface area contributed by atoms with Gasteiger partial charge < -0.3 is 15.6 Å². The number of rotatable bonds is 6. The number of fused-ring (bicyclic) bond motifs is 2. The fourth-order valence-corrected chi connectivity index (χ4v) is 2.82. The zero-order valence-electron chi connectivity index (χ0n) is 11.1. The first-order chi connectivity index (χ1) is 8.47. The number of carboxylic acid groups (broad SMARTS) is 1. The molecular weight excluding hydrogens is 232 g/mol. The molecule has 0 spiro atoms. The number of hydrogen-bond donors (Lipinski definition) is 2. The van der Waals surface area contributed by atoms with Crippen LogP contribution in [0.2, 0.25) is 0 Å². The second-order valence-electron chi connectivity index (χ2n) is 5.90. The molecule has 0 saturated carbocycles. The molecular formula is C13H24N2O3. The normalized spacial score (nSPS) is 31.2. The Balaban J connectivity index is 1.63. The predicted octanol–water partition coefficient (Wildman–Crippen LogP) is 0.822. The molecule has 104 valence electrons. The summed E-state index contributed by atoms with van der Waals surface area (Å²) in [6.07, 6.45) is 5.68. The van der Waals surface area contributed by atoms with Gasteiger partial charge in [-0.25, -0.2) is 0 Å². The average Bonchev–Trinajstić information content (AvgIpc) is 2.64. The van der Waals surface area contributed by atoms with E-state index in [-0.39, 0.29) is 0 Å². The van der Waals surface area contributed by atoms with Gasteiger partial charge in [-0.2, -0.15) is 0 Å². The van der Waals surface area contributed by atoms with E-state index in [1.807, 2.05) is 0 Å². The highest BCUT2D eigenvalue weighted by molar-refractivity contribution is 5.77. The lowest BCUT2D eigenvalue weighted by Crippen LogP contribution is -2.45. The van der Waals surface area contributed by atoms with Gasteiger partial charge in [0.25, 0.3) is 0 Å². The Morgan fingerprint density at radius 2 is 2.00 bits per heavy atom. The number of nitrogens with two attached hydrogens (primary N) is 1. The zero-order chi connectivity index (χ0) is 13.2. The molecule has 2 saturated heterocycles. The van der Waals surface area contributed by atoms with Crippen LogP contribution in [0.25, 0.3) is 0 Å². The Labute approximate surface area is 108 Å². The van der Waals surface area contributed by atoms with Crippen molar-refractivity contribution in [2.75, 3.05) is 19.6 Å². The summed E-state index contributed by atoms with van der Waals surface area (Å²) < 4.78 is 5.78. The van der Waals surface area contributed by atoms with Gasteiger partial charge in [-0.15, -0.1) is 0 Å². The molecule has 3 unspecified atom stereocenters. The molecule has 0 aromatic heterocycles. The number of hydrogen-bond acceptors (Lipinski definition) is 4. The molecule has 2 heterocycles. The van der Waals surface area contributed by atoms with Crippen molar-refractivity contribution in [1.29, 1.82) is 0 Å². The Morgan fingerprint density at radius 3 is 2.56 bits per heavy atom. The second-order valence-corrected chi connectivity index (χ2v) is 5.90. The number of morpholine rings is 1. The molecule has 2 bridgehead atoms. The van der Waals surface area contributed by atoms with E-state index in [1.54, 1.807) is 6.92 Å². The van der Waals surface area contributed by atoms with E-state index in [4.69, 9.17) is 15.6 Å². The molecule has 18 heavy (non-hydrogen) atoms. The topological polar surface area (TPSA) is 75.8 Å². The van der Waals surface area contributed by atoms with E-state index in [1.165, 1.54) is 12.8 Å². The number of ether oxygens (including phenoxy) is 1. The van der Waals surface area contributed by atoms with E-state index >= 15 is 0 Å². The van der Waals surface area contributed by atoms with E-state index in [9.17, 15) is 4.79 Å². The third-order valence-corrected chi connectivity index (χ3v) is 4.03. The lowest BCUT2D eigenvalue weighted by molar-refractivity contribution is -0.142. The van der Waals surface area contributed by atoms with Crippen molar-refractivity contribution in [2.45, 2.75) is 56.8 Å².